The summed E-state index contributed by atoms with van der Waals surface area (Å²) < 4.78 is 30.2. The Labute approximate surface area is 152 Å². The fourth-order valence-electron chi connectivity index (χ4n) is 2.33. The molecule has 5 nitrogen and oxygen atoms in total. The number of para-hydroxylation sites is 2. The molecule has 0 spiro atoms. The maximum atomic E-state index is 13.1. The summed E-state index contributed by atoms with van der Waals surface area (Å²) in [6.07, 6.45) is -0.453. The van der Waals surface area contributed by atoms with Crippen LogP contribution in [0.25, 0.3) is 0 Å². The van der Waals surface area contributed by atoms with Crippen LogP contribution < -0.4 is 9.47 Å². The smallest absolute Gasteiger partial charge is 0.277 e. The first-order chi connectivity index (χ1) is 12.2. The number of aromatic nitrogens is 2. The highest BCUT2D eigenvalue weighted by Crippen LogP contribution is 2.36. The molecule has 0 saturated heterocycles. The predicted octanol–water partition coefficient (Wildman–Crippen LogP) is 4.67. The molecular weight excluding hydrogens is 367 g/mol. The minimum absolute atomic E-state index is 0.299. The standard InChI is InChI=1S/C17H12ClFN2O3S/c18-12-7-11(19)6-5-10(12)9-25-17-21-20-16(24-17)15-8-22-13-3-1-2-4-14(13)23-15/h1-7,15H,8-9H2. The highest BCUT2D eigenvalue weighted by atomic mass is 35.5. The summed E-state index contributed by atoms with van der Waals surface area (Å²) in [4.78, 5) is 0. The lowest BCUT2D eigenvalue weighted by molar-refractivity contribution is 0.0686. The van der Waals surface area contributed by atoms with Crippen molar-refractivity contribution < 1.29 is 18.3 Å². The van der Waals surface area contributed by atoms with Crippen molar-refractivity contribution in [2.75, 3.05) is 6.61 Å². The van der Waals surface area contributed by atoms with E-state index < -0.39 is 6.10 Å². The first-order valence-corrected chi connectivity index (χ1v) is 8.84. The third kappa shape index (κ3) is 3.57. The monoisotopic (exact) mass is 378 g/mol. The first-order valence-electron chi connectivity index (χ1n) is 7.47. The van der Waals surface area contributed by atoms with E-state index in [4.69, 9.17) is 25.5 Å². The van der Waals surface area contributed by atoms with Gasteiger partial charge in [0.05, 0.1) is 0 Å². The SMILES string of the molecule is Fc1ccc(CSc2nnc(C3COc4ccccc4O3)o2)c(Cl)c1. The predicted molar refractivity (Wildman–Crippen MR) is 90.6 cm³/mol. The molecule has 0 bridgehead atoms. The summed E-state index contributed by atoms with van der Waals surface area (Å²) in [5, 5.41) is 8.78. The fraction of sp³-hybridized carbons (Fsp3) is 0.176. The van der Waals surface area contributed by atoms with Gasteiger partial charge in [0.2, 0.25) is 6.10 Å². The van der Waals surface area contributed by atoms with E-state index in [9.17, 15) is 4.39 Å². The zero-order chi connectivity index (χ0) is 17.2. The second-order valence-electron chi connectivity index (χ2n) is 5.29. The van der Waals surface area contributed by atoms with Gasteiger partial charge in [0.1, 0.15) is 12.4 Å². The molecule has 0 fully saturated rings. The van der Waals surface area contributed by atoms with E-state index in [2.05, 4.69) is 10.2 Å². The van der Waals surface area contributed by atoms with E-state index in [1.54, 1.807) is 6.07 Å². The topological polar surface area (TPSA) is 57.4 Å². The lowest BCUT2D eigenvalue weighted by Gasteiger charge is -2.23. The molecule has 1 unspecified atom stereocenters. The van der Waals surface area contributed by atoms with E-state index in [1.807, 2.05) is 24.3 Å². The van der Waals surface area contributed by atoms with Gasteiger partial charge in [0.25, 0.3) is 11.1 Å². The molecule has 2 heterocycles. The highest BCUT2D eigenvalue weighted by Gasteiger charge is 2.27. The van der Waals surface area contributed by atoms with Gasteiger partial charge >= 0.3 is 0 Å². The van der Waals surface area contributed by atoms with Gasteiger partial charge in [-0.3, -0.25) is 0 Å². The summed E-state index contributed by atoms with van der Waals surface area (Å²) in [5.41, 5.74) is 0.791. The molecule has 0 N–H and O–H groups in total. The third-order valence-electron chi connectivity index (χ3n) is 3.57. The van der Waals surface area contributed by atoms with Crippen LogP contribution >= 0.6 is 23.4 Å². The van der Waals surface area contributed by atoms with E-state index in [-0.39, 0.29) is 5.82 Å². The molecule has 4 rings (SSSR count). The van der Waals surface area contributed by atoms with E-state index in [0.29, 0.717) is 40.0 Å². The lowest BCUT2D eigenvalue weighted by Crippen LogP contribution is -2.21. The summed E-state index contributed by atoms with van der Waals surface area (Å²) in [7, 11) is 0. The Hall–Kier alpha value is -2.25. The molecule has 128 valence electrons. The maximum Gasteiger partial charge on any atom is 0.277 e. The second-order valence-corrected chi connectivity index (χ2v) is 6.63. The number of ether oxygens (including phenoxy) is 2. The summed E-state index contributed by atoms with van der Waals surface area (Å²) in [6, 6.07) is 11.7. The molecule has 25 heavy (non-hydrogen) atoms. The highest BCUT2D eigenvalue weighted by molar-refractivity contribution is 7.98. The minimum Gasteiger partial charge on any atom is -0.485 e. The second kappa shape index (κ2) is 6.93. The van der Waals surface area contributed by atoms with Crippen molar-refractivity contribution in [2.45, 2.75) is 17.1 Å². The molecule has 0 aliphatic carbocycles. The van der Waals surface area contributed by atoms with E-state index >= 15 is 0 Å². The number of benzene rings is 2. The van der Waals surface area contributed by atoms with Gasteiger partial charge in [0.15, 0.2) is 11.5 Å². The van der Waals surface area contributed by atoms with Crippen molar-refractivity contribution in [3.8, 4) is 11.5 Å². The molecule has 0 saturated carbocycles. The van der Waals surface area contributed by atoms with Crippen LogP contribution in [0.1, 0.15) is 17.6 Å². The van der Waals surface area contributed by atoms with Gasteiger partial charge < -0.3 is 13.9 Å². The average molecular weight is 379 g/mol. The van der Waals surface area contributed by atoms with Crippen molar-refractivity contribution in [2.24, 2.45) is 0 Å². The molecule has 8 heteroatoms. The largest absolute Gasteiger partial charge is 0.485 e. The van der Waals surface area contributed by atoms with Crippen LogP contribution in [0.5, 0.6) is 11.5 Å². The van der Waals surface area contributed by atoms with Crippen molar-refractivity contribution in [1.29, 1.82) is 0 Å². The van der Waals surface area contributed by atoms with Crippen LogP contribution in [0.2, 0.25) is 5.02 Å². The van der Waals surface area contributed by atoms with Crippen LogP contribution in [-0.2, 0) is 5.75 Å². The number of hydrogen-bond donors (Lipinski definition) is 0. The van der Waals surface area contributed by atoms with Crippen LogP contribution in [0.4, 0.5) is 4.39 Å². The molecule has 1 aliphatic rings. The zero-order valence-electron chi connectivity index (χ0n) is 12.8. The number of thioether (sulfide) groups is 1. The van der Waals surface area contributed by atoms with Gasteiger partial charge in [0, 0.05) is 10.8 Å². The molecule has 0 amide bonds. The zero-order valence-corrected chi connectivity index (χ0v) is 14.4. The Balaban J connectivity index is 1.42. The van der Waals surface area contributed by atoms with Gasteiger partial charge in [-0.05, 0) is 29.8 Å². The summed E-state index contributed by atoms with van der Waals surface area (Å²) in [6.45, 7) is 0.299. The Morgan fingerprint density at radius 1 is 1.16 bits per heavy atom. The molecule has 2 aromatic carbocycles. The number of rotatable bonds is 4. The summed E-state index contributed by atoms with van der Waals surface area (Å²) in [5.74, 6) is 1.81. The van der Waals surface area contributed by atoms with Crippen molar-refractivity contribution in [3.63, 3.8) is 0 Å². The van der Waals surface area contributed by atoms with Crippen LogP contribution in [0, 0.1) is 5.82 Å². The van der Waals surface area contributed by atoms with Gasteiger partial charge in [-0.15, -0.1) is 10.2 Å². The van der Waals surface area contributed by atoms with Crippen LogP contribution in [0.3, 0.4) is 0 Å². The summed E-state index contributed by atoms with van der Waals surface area (Å²) >= 11 is 7.33. The Morgan fingerprint density at radius 3 is 2.84 bits per heavy atom. The van der Waals surface area contributed by atoms with Crippen LogP contribution in [0.15, 0.2) is 52.1 Å². The molecule has 1 aromatic heterocycles. The van der Waals surface area contributed by atoms with Crippen molar-refractivity contribution in [3.05, 3.63) is 64.8 Å². The molecule has 0 radical (unpaired) electrons. The lowest BCUT2D eigenvalue weighted by atomic mass is 10.2. The third-order valence-corrected chi connectivity index (χ3v) is 4.79. The number of fused-ring (bicyclic) bond motifs is 1. The molecule has 3 aromatic rings. The number of halogens is 2. The molecule has 1 aliphatic heterocycles. The van der Waals surface area contributed by atoms with Gasteiger partial charge in [-0.1, -0.05) is 41.6 Å². The minimum atomic E-state index is -0.453. The van der Waals surface area contributed by atoms with Crippen LogP contribution in [-0.4, -0.2) is 16.8 Å². The normalized spacial score (nSPS) is 16.0. The Bertz CT molecular complexity index is 905. The quantitative estimate of drug-likeness (QED) is 0.615. The molecular formula is C17H12ClFN2O3S. The van der Waals surface area contributed by atoms with Crippen molar-refractivity contribution >= 4 is 23.4 Å². The van der Waals surface area contributed by atoms with Gasteiger partial charge in [-0.25, -0.2) is 4.39 Å². The maximum absolute atomic E-state index is 13.1. The Morgan fingerprint density at radius 2 is 2.00 bits per heavy atom. The molecule has 1 atom stereocenters. The Kier molecular flexibility index (Phi) is 4.50. The van der Waals surface area contributed by atoms with E-state index in [0.717, 1.165) is 5.56 Å². The fourth-order valence-corrected chi connectivity index (χ4v) is 3.42. The van der Waals surface area contributed by atoms with E-state index in [1.165, 1.54) is 23.9 Å². The first kappa shape index (κ1) is 16.2. The van der Waals surface area contributed by atoms with Crippen molar-refractivity contribution in [1.82, 2.24) is 10.2 Å². The van der Waals surface area contributed by atoms with Gasteiger partial charge in [-0.2, -0.15) is 0 Å². The average Bonchev–Trinajstić information content (AvgIpc) is 3.09. The number of hydrogen-bond acceptors (Lipinski definition) is 6. The number of nitrogens with zero attached hydrogens (tertiary/aromatic N) is 2.